The predicted molar refractivity (Wildman–Crippen MR) is 91.1 cm³/mol. The van der Waals surface area contributed by atoms with Crippen LogP contribution in [-0.2, 0) is 16.1 Å². The molecular weight excluding hydrogens is 302 g/mol. The minimum atomic E-state index is 0.105. The number of nitrogens with zero attached hydrogens (tertiary/aromatic N) is 2. The number of benzene rings is 1. The minimum Gasteiger partial charge on any atom is -0.376 e. The second-order valence-corrected chi connectivity index (χ2v) is 6.70. The smallest absolute Gasteiger partial charge is 0.223 e. The van der Waals surface area contributed by atoms with Crippen molar-refractivity contribution in [1.82, 2.24) is 10.2 Å². The fraction of sp³-hybridized carbons (Fsp3) is 0.579. The Labute approximate surface area is 143 Å². The largest absolute Gasteiger partial charge is 0.376 e. The highest BCUT2D eigenvalue weighted by Gasteiger charge is 2.26. The van der Waals surface area contributed by atoms with Crippen LogP contribution in [-0.4, -0.2) is 43.2 Å². The number of nitrogens with one attached hydrogen (secondary N) is 1. The number of amides is 1. The highest BCUT2D eigenvalue weighted by Crippen LogP contribution is 2.20. The molecule has 1 atom stereocenters. The van der Waals surface area contributed by atoms with Crippen molar-refractivity contribution in [3.63, 3.8) is 0 Å². The Morgan fingerprint density at radius 2 is 2.08 bits per heavy atom. The molecule has 1 aromatic carbocycles. The highest BCUT2D eigenvalue weighted by atomic mass is 16.5. The SMILES string of the molecule is N#Cc1ccccc1CN1CCC(C(=O)NC[C@@H]2CCCO2)CC1. The number of nitriles is 1. The van der Waals surface area contributed by atoms with Gasteiger partial charge in [0.2, 0.25) is 5.91 Å². The van der Waals surface area contributed by atoms with E-state index in [0.717, 1.165) is 63.1 Å². The molecule has 1 aromatic rings. The molecule has 5 heteroatoms. The van der Waals surface area contributed by atoms with E-state index in [0.29, 0.717) is 6.54 Å². The molecule has 0 saturated carbocycles. The Hall–Kier alpha value is -1.90. The van der Waals surface area contributed by atoms with Crippen molar-refractivity contribution in [1.29, 1.82) is 5.26 Å². The second kappa shape index (κ2) is 8.27. The van der Waals surface area contributed by atoms with E-state index in [4.69, 9.17) is 4.74 Å². The lowest BCUT2D eigenvalue weighted by atomic mass is 9.95. The standard InChI is InChI=1S/C19H25N3O2/c20-12-16-4-1-2-5-17(16)14-22-9-7-15(8-10-22)19(23)21-13-18-6-3-11-24-18/h1-2,4-5,15,18H,3,6-11,13-14H2,(H,21,23)/t18-/m0/s1. The molecule has 3 rings (SSSR count). The van der Waals surface area contributed by atoms with Crippen molar-refractivity contribution < 1.29 is 9.53 Å². The molecule has 5 nitrogen and oxygen atoms in total. The molecule has 0 radical (unpaired) electrons. The lowest BCUT2D eigenvalue weighted by molar-refractivity contribution is -0.127. The number of hydrogen-bond donors (Lipinski definition) is 1. The second-order valence-electron chi connectivity index (χ2n) is 6.70. The van der Waals surface area contributed by atoms with Gasteiger partial charge in [-0.1, -0.05) is 18.2 Å². The fourth-order valence-electron chi connectivity index (χ4n) is 3.53. The quantitative estimate of drug-likeness (QED) is 0.899. The van der Waals surface area contributed by atoms with E-state index in [2.05, 4.69) is 16.3 Å². The molecule has 0 bridgehead atoms. The Balaban J connectivity index is 1.43. The molecule has 128 valence electrons. The van der Waals surface area contributed by atoms with Gasteiger partial charge in [0.15, 0.2) is 0 Å². The van der Waals surface area contributed by atoms with Crippen LogP contribution in [0.1, 0.15) is 36.8 Å². The molecule has 2 aliphatic rings. The van der Waals surface area contributed by atoms with Crippen LogP contribution in [0, 0.1) is 17.2 Å². The number of ether oxygens (including phenoxy) is 1. The molecule has 0 unspecified atom stereocenters. The van der Waals surface area contributed by atoms with Gasteiger partial charge >= 0.3 is 0 Å². The van der Waals surface area contributed by atoms with Gasteiger partial charge in [-0.05, 0) is 50.4 Å². The summed E-state index contributed by atoms with van der Waals surface area (Å²) < 4.78 is 5.55. The van der Waals surface area contributed by atoms with E-state index in [1.165, 1.54) is 0 Å². The van der Waals surface area contributed by atoms with Gasteiger partial charge in [0, 0.05) is 25.6 Å². The van der Waals surface area contributed by atoms with Crippen molar-refractivity contribution in [2.75, 3.05) is 26.2 Å². The normalized spacial score (nSPS) is 22.2. The maximum Gasteiger partial charge on any atom is 0.223 e. The summed E-state index contributed by atoms with van der Waals surface area (Å²) in [5.41, 5.74) is 1.82. The molecule has 0 spiro atoms. The number of likely N-dealkylation sites (tertiary alicyclic amines) is 1. The van der Waals surface area contributed by atoms with Gasteiger partial charge in [-0.25, -0.2) is 0 Å². The molecule has 2 aliphatic heterocycles. The Morgan fingerprint density at radius 3 is 2.79 bits per heavy atom. The van der Waals surface area contributed by atoms with Crippen LogP contribution in [0.15, 0.2) is 24.3 Å². The highest BCUT2D eigenvalue weighted by molar-refractivity contribution is 5.78. The maximum absolute atomic E-state index is 12.3. The fourth-order valence-corrected chi connectivity index (χ4v) is 3.53. The third kappa shape index (κ3) is 4.34. The van der Waals surface area contributed by atoms with Crippen LogP contribution in [0.2, 0.25) is 0 Å². The first-order chi connectivity index (χ1) is 11.8. The molecule has 2 saturated heterocycles. The van der Waals surface area contributed by atoms with Gasteiger partial charge in [-0.3, -0.25) is 9.69 Å². The van der Waals surface area contributed by atoms with Crippen LogP contribution in [0.4, 0.5) is 0 Å². The van der Waals surface area contributed by atoms with E-state index in [-0.39, 0.29) is 17.9 Å². The number of rotatable bonds is 5. The number of carbonyl (C=O) groups is 1. The first-order valence-corrected chi connectivity index (χ1v) is 8.86. The van der Waals surface area contributed by atoms with Crippen LogP contribution in [0.3, 0.4) is 0 Å². The molecule has 2 heterocycles. The Morgan fingerprint density at radius 1 is 1.29 bits per heavy atom. The van der Waals surface area contributed by atoms with Crippen molar-refractivity contribution in [2.45, 2.75) is 38.3 Å². The maximum atomic E-state index is 12.3. The first-order valence-electron chi connectivity index (χ1n) is 8.86. The van der Waals surface area contributed by atoms with Crippen LogP contribution in [0.5, 0.6) is 0 Å². The van der Waals surface area contributed by atoms with Gasteiger partial charge in [-0.2, -0.15) is 5.26 Å². The average molecular weight is 327 g/mol. The number of carbonyl (C=O) groups excluding carboxylic acids is 1. The summed E-state index contributed by atoms with van der Waals surface area (Å²) in [7, 11) is 0. The molecular formula is C19H25N3O2. The van der Waals surface area contributed by atoms with Crippen molar-refractivity contribution in [3.05, 3.63) is 35.4 Å². The number of hydrogen-bond acceptors (Lipinski definition) is 4. The molecule has 1 amide bonds. The minimum absolute atomic E-state index is 0.105. The molecule has 24 heavy (non-hydrogen) atoms. The van der Waals surface area contributed by atoms with Crippen molar-refractivity contribution in [3.8, 4) is 6.07 Å². The van der Waals surface area contributed by atoms with Crippen molar-refractivity contribution in [2.24, 2.45) is 5.92 Å². The predicted octanol–water partition coefficient (Wildman–Crippen LogP) is 2.07. The zero-order valence-corrected chi connectivity index (χ0v) is 14.0. The van der Waals surface area contributed by atoms with E-state index in [1.807, 2.05) is 24.3 Å². The summed E-state index contributed by atoms with van der Waals surface area (Å²) in [6, 6.07) is 10.00. The zero-order valence-electron chi connectivity index (χ0n) is 14.0. The van der Waals surface area contributed by atoms with Gasteiger partial charge in [-0.15, -0.1) is 0 Å². The van der Waals surface area contributed by atoms with Gasteiger partial charge < -0.3 is 10.1 Å². The molecule has 0 aromatic heterocycles. The van der Waals surface area contributed by atoms with Crippen LogP contribution < -0.4 is 5.32 Å². The van der Waals surface area contributed by atoms with Gasteiger partial charge in [0.1, 0.15) is 0 Å². The topological polar surface area (TPSA) is 65.4 Å². The lowest BCUT2D eigenvalue weighted by Gasteiger charge is -2.31. The molecule has 2 fully saturated rings. The van der Waals surface area contributed by atoms with Gasteiger partial charge in [0.25, 0.3) is 0 Å². The zero-order chi connectivity index (χ0) is 16.8. The van der Waals surface area contributed by atoms with E-state index in [9.17, 15) is 10.1 Å². The number of piperidine rings is 1. The average Bonchev–Trinajstić information content (AvgIpc) is 3.14. The Kier molecular flexibility index (Phi) is 5.84. The lowest BCUT2D eigenvalue weighted by Crippen LogP contribution is -2.42. The van der Waals surface area contributed by atoms with Crippen LogP contribution in [0.25, 0.3) is 0 Å². The van der Waals surface area contributed by atoms with Gasteiger partial charge in [0.05, 0.1) is 17.7 Å². The summed E-state index contributed by atoms with van der Waals surface area (Å²) >= 11 is 0. The summed E-state index contributed by atoms with van der Waals surface area (Å²) in [5.74, 6) is 0.274. The van der Waals surface area contributed by atoms with E-state index >= 15 is 0 Å². The van der Waals surface area contributed by atoms with Crippen LogP contribution >= 0.6 is 0 Å². The summed E-state index contributed by atoms with van der Waals surface area (Å²) in [4.78, 5) is 14.6. The van der Waals surface area contributed by atoms with Crippen molar-refractivity contribution >= 4 is 5.91 Å². The van der Waals surface area contributed by atoms with E-state index in [1.54, 1.807) is 0 Å². The summed E-state index contributed by atoms with van der Waals surface area (Å²) in [5, 5.41) is 12.2. The summed E-state index contributed by atoms with van der Waals surface area (Å²) in [6.45, 7) is 4.06. The van der Waals surface area contributed by atoms with E-state index < -0.39 is 0 Å². The molecule has 0 aliphatic carbocycles. The third-order valence-electron chi connectivity index (χ3n) is 5.02. The Bertz CT molecular complexity index is 597. The monoisotopic (exact) mass is 327 g/mol. The first kappa shape index (κ1) is 16.9. The third-order valence-corrected chi connectivity index (χ3v) is 5.02. The summed E-state index contributed by atoms with van der Waals surface area (Å²) in [6.07, 6.45) is 4.12. The molecule has 1 N–H and O–H groups in total.